The number of halogens is 1. The average Bonchev–Trinajstić information content (AvgIpc) is 2.78. The summed E-state index contributed by atoms with van der Waals surface area (Å²) in [5, 5.41) is 15.6. The van der Waals surface area contributed by atoms with Gasteiger partial charge in [-0.05, 0) is 36.8 Å². The molecule has 1 aliphatic rings. The number of carbonyl (C=O) groups excluding carboxylic acids is 3. The molecule has 2 amide bonds. The van der Waals surface area contributed by atoms with Crippen LogP contribution in [-0.2, 0) is 19.1 Å². The van der Waals surface area contributed by atoms with Gasteiger partial charge in [0, 0.05) is 16.1 Å². The van der Waals surface area contributed by atoms with E-state index in [4.69, 9.17) is 4.74 Å². The minimum atomic E-state index is -1.21. The zero-order valence-corrected chi connectivity index (χ0v) is 19.7. The maximum atomic E-state index is 12.8. The van der Waals surface area contributed by atoms with Crippen LogP contribution in [0.3, 0.4) is 0 Å². The zero-order valence-electron chi connectivity index (χ0n) is 17.3. The molecule has 7 nitrogen and oxygen atoms in total. The SMILES string of the molecule is COC(=O)[C@@H]1C(=O)NC(SCC(=O)Nc2ccc(C)cc2)=C(C#N)[C@@H]1c1cccc(Br)c1. The number of benzene rings is 2. The number of carbonyl (C=O) groups is 3. The molecule has 1 aliphatic heterocycles. The van der Waals surface area contributed by atoms with E-state index < -0.39 is 23.7 Å². The first kappa shape index (κ1) is 23.6. The molecule has 9 heteroatoms. The summed E-state index contributed by atoms with van der Waals surface area (Å²) in [6, 6.07) is 16.5. The topological polar surface area (TPSA) is 108 Å². The van der Waals surface area contributed by atoms with Crippen molar-refractivity contribution in [3.63, 3.8) is 0 Å². The third kappa shape index (κ3) is 5.39. The first-order chi connectivity index (χ1) is 15.3. The van der Waals surface area contributed by atoms with E-state index in [9.17, 15) is 19.6 Å². The molecule has 0 saturated carbocycles. The van der Waals surface area contributed by atoms with Crippen molar-refractivity contribution in [1.82, 2.24) is 5.32 Å². The number of rotatable bonds is 6. The fourth-order valence-corrected chi connectivity index (χ4v) is 4.62. The fraction of sp³-hybridized carbons (Fsp3) is 0.217. The maximum Gasteiger partial charge on any atom is 0.319 e. The second-order valence-electron chi connectivity index (χ2n) is 7.08. The number of nitrogens with zero attached hydrogens (tertiary/aromatic N) is 1. The number of thioether (sulfide) groups is 1. The number of hydrogen-bond acceptors (Lipinski definition) is 6. The summed E-state index contributed by atoms with van der Waals surface area (Å²) in [6.07, 6.45) is 0. The van der Waals surface area contributed by atoms with Gasteiger partial charge in [0.15, 0.2) is 0 Å². The van der Waals surface area contributed by atoms with E-state index in [1.165, 1.54) is 7.11 Å². The van der Waals surface area contributed by atoms with Gasteiger partial charge >= 0.3 is 5.97 Å². The number of nitriles is 1. The molecule has 1 heterocycles. The van der Waals surface area contributed by atoms with Crippen LogP contribution in [-0.4, -0.2) is 30.6 Å². The number of hydrogen-bond donors (Lipinski definition) is 2. The van der Waals surface area contributed by atoms with Crippen LogP contribution in [0, 0.1) is 24.2 Å². The summed E-state index contributed by atoms with van der Waals surface area (Å²) in [5.74, 6) is -3.67. The molecule has 164 valence electrons. The molecule has 0 aromatic heterocycles. The second kappa shape index (κ2) is 10.5. The summed E-state index contributed by atoms with van der Waals surface area (Å²) in [4.78, 5) is 37.6. The highest BCUT2D eigenvalue weighted by Crippen LogP contribution is 2.40. The monoisotopic (exact) mass is 513 g/mol. The summed E-state index contributed by atoms with van der Waals surface area (Å²) >= 11 is 4.42. The Kier molecular flexibility index (Phi) is 7.72. The van der Waals surface area contributed by atoms with Crippen molar-refractivity contribution in [1.29, 1.82) is 5.26 Å². The molecular weight excluding hydrogens is 494 g/mol. The lowest BCUT2D eigenvalue weighted by molar-refractivity contribution is -0.150. The number of esters is 1. The second-order valence-corrected chi connectivity index (χ2v) is 8.98. The number of methoxy groups -OCH3 is 1. The van der Waals surface area contributed by atoms with Crippen molar-refractivity contribution in [2.24, 2.45) is 5.92 Å². The Morgan fingerprint density at radius 3 is 2.59 bits per heavy atom. The number of aryl methyl sites for hydroxylation is 1. The van der Waals surface area contributed by atoms with Crippen LogP contribution in [0.1, 0.15) is 17.0 Å². The van der Waals surface area contributed by atoms with Gasteiger partial charge in [0.25, 0.3) is 0 Å². The van der Waals surface area contributed by atoms with Crippen molar-refractivity contribution in [2.45, 2.75) is 12.8 Å². The summed E-state index contributed by atoms with van der Waals surface area (Å²) in [5.41, 5.74) is 2.54. The van der Waals surface area contributed by atoms with E-state index in [2.05, 4.69) is 32.6 Å². The van der Waals surface area contributed by atoms with Crippen LogP contribution >= 0.6 is 27.7 Å². The Morgan fingerprint density at radius 1 is 1.25 bits per heavy atom. The lowest BCUT2D eigenvalue weighted by Crippen LogP contribution is -2.44. The van der Waals surface area contributed by atoms with E-state index in [1.54, 1.807) is 36.4 Å². The highest BCUT2D eigenvalue weighted by Gasteiger charge is 2.44. The maximum absolute atomic E-state index is 12.8. The lowest BCUT2D eigenvalue weighted by Gasteiger charge is -2.31. The smallest absolute Gasteiger partial charge is 0.319 e. The van der Waals surface area contributed by atoms with E-state index >= 15 is 0 Å². The Bertz CT molecular complexity index is 1120. The van der Waals surface area contributed by atoms with Gasteiger partial charge in [0.2, 0.25) is 11.8 Å². The highest BCUT2D eigenvalue weighted by atomic mass is 79.9. The molecule has 0 unspecified atom stereocenters. The number of ether oxygens (including phenoxy) is 1. The third-order valence-electron chi connectivity index (χ3n) is 4.87. The van der Waals surface area contributed by atoms with Crippen molar-refractivity contribution in [2.75, 3.05) is 18.2 Å². The molecule has 3 rings (SSSR count). The molecule has 2 atom stereocenters. The molecular formula is C23H20BrN3O4S. The Balaban J connectivity index is 1.88. The quantitative estimate of drug-likeness (QED) is 0.448. The standard InChI is InChI=1S/C23H20BrN3O4S/c1-13-6-8-16(9-7-13)26-18(28)12-32-22-17(11-25)19(14-4-3-5-15(24)10-14)20(21(29)27-22)23(30)31-2/h3-10,19-20H,12H2,1-2H3,(H,26,28)(H,27,29)/t19-,20-/m0/s1. The van der Waals surface area contributed by atoms with Gasteiger partial charge in [-0.15, -0.1) is 0 Å². The van der Waals surface area contributed by atoms with Gasteiger partial charge in [-0.3, -0.25) is 14.4 Å². The van der Waals surface area contributed by atoms with E-state index in [1.807, 2.05) is 19.1 Å². The van der Waals surface area contributed by atoms with Gasteiger partial charge in [-0.2, -0.15) is 5.26 Å². The molecule has 0 fully saturated rings. The molecule has 2 N–H and O–H groups in total. The fourth-order valence-electron chi connectivity index (χ4n) is 3.35. The predicted octanol–water partition coefficient (Wildman–Crippen LogP) is 3.87. The van der Waals surface area contributed by atoms with E-state index in [0.717, 1.165) is 21.8 Å². The Hall–Kier alpha value is -3.09. The highest BCUT2D eigenvalue weighted by molar-refractivity contribution is 9.10. The van der Waals surface area contributed by atoms with Crippen LogP contribution in [0.4, 0.5) is 5.69 Å². The molecule has 0 bridgehead atoms. The van der Waals surface area contributed by atoms with E-state index in [-0.39, 0.29) is 22.3 Å². The molecule has 2 aromatic rings. The van der Waals surface area contributed by atoms with Gasteiger partial charge in [0.1, 0.15) is 5.92 Å². The number of allylic oxidation sites excluding steroid dienone is 1. The summed E-state index contributed by atoms with van der Waals surface area (Å²) in [7, 11) is 1.20. The van der Waals surface area contributed by atoms with Gasteiger partial charge in [0.05, 0.1) is 29.5 Å². The molecule has 0 radical (unpaired) electrons. The van der Waals surface area contributed by atoms with E-state index in [0.29, 0.717) is 11.3 Å². The molecule has 2 aromatic carbocycles. The predicted molar refractivity (Wildman–Crippen MR) is 125 cm³/mol. The van der Waals surface area contributed by atoms with Crippen molar-refractivity contribution < 1.29 is 19.1 Å². The van der Waals surface area contributed by atoms with Crippen LogP contribution < -0.4 is 10.6 Å². The first-order valence-electron chi connectivity index (χ1n) is 9.61. The third-order valence-corrected chi connectivity index (χ3v) is 6.38. The van der Waals surface area contributed by atoms with Crippen LogP contribution in [0.25, 0.3) is 0 Å². The summed E-state index contributed by atoms with van der Waals surface area (Å²) in [6.45, 7) is 1.95. The molecule has 0 saturated heterocycles. The number of anilines is 1. The largest absolute Gasteiger partial charge is 0.468 e. The normalized spacial score (nSPS) is 17.9. The zero-order chi connectivity index (χ0) is 23.3. The minimum Gasteiger partial charge on any atom is -0.468 e. The van der Waals surface area contributed by atoms with Crippen molar-refractivity contribution in [3.05, 3.63) is 74.7 Å². The number of nitrogens with one attached hydrogen (secondary N) is 2. The van der Waals surface area contributed by atoms with Gasteiger partial charge in [-0.25, -0.2) is 0 Å². The molecule has 32 heavy (non-hydrogen) atoms. The van der Waals surface area contributed by atoms with Crippen LogP contribution in [0.2, 0.25) is 0 Å². The van der Waals surface area contributed by atoms with Gasteiger partial charge in [-0.1, -0.05) is 57.5 Å². The Labute approximate surface area is 198 Å². The average molecular weight is 514 g/mol. The Morgan fingerprint density at radius 2 is 1.97 bits per heavy atom. The lowest BCUT2D eigenvalue weighted by atomic mass is 9.78. The number of amides is 2. The summed E-state index contributed by atoms with van der Waals surface area (Å²) < 4.78 is 5.57. The first-order valence-corrected chi connectivity index (χ1v) is 11.4. The van der Waals surface area contributed by atoms with Crippen LogP contribution in [0.15, 0.2) is 63.6 Å². The molecule has 0 aliphatic carbocycles. The van der Waals surface area contributed by atoms with Crippen molar-refractivity contribution >= 4 is 51.2 Å². The van der Waals surface area contributed by atoms with Gasteiger partial charge < -0.3 is 15.4 Å². The van der Waals surface area contributed by atoms with Crippen molar-refractivity contribution in [3.8, 4) is 6.07 Å². The molecule has 0 spiro atoms. The minimum absolute atomic E-state index is 0.0250. The van der Waals surface area contributed by atoms with Crippen LogP contribution in [0.5, 0.6) is 0 Å².